The monoisotopic (exact) mass is 220 g/mol. The third kappa shape index (κ3) is 3.02. The van der Waals surface area contributed by atoms with Crippen LogP contribution in [0.25, 0.3) is 0 Å². The quantitative estimate of drug-likeness (QED) is 0.703. The maximum absolute atomic E-state index is 5.65. The molecule has 2 heteroatoms. The van der Waals surface area contributed by atoms with Crippen molar-refractivity contribution in [2.75, 3.05) is 7.11 Å². The highest BCUT2D eigenvalue weighted by molar-refractivity contribution is 5.44. The SMILES string of the molecule is C=CC(C)c1ccc(OC(C)C)c(OC)c1. The Hall–Kier alpha value is -1.44. The van der Waals surface area contributed by atoms with Gasteiger partial charge in [-0.15, -0.1) is 6.58 Å². The Balaban J connectivity index is 3.01. The number of hydrogen-bond donors (Lipinski definition) is 0. The molecule has 16 heavy (non-hydrogen) atoms. The van der Waals surface area contributed by atoms with E-state index in [1.807, 2.05) is 38.1 Å². The normalized spacial score (nSPS) is 12.3. The van der Waals surface area contributed by atoms with Crippen LogP contribution in [0, 0.1) is 0 Å². The predicted octanol–water partition coefficient (Wildman–Crippen LogP) is 3.77. The molecule has 0 fully saturated rings. The molecule has 0 aliphatic carbocycles. The Morgan fingerprint density at radius 1 is 1.19 bits per heavy atom. The first kappa shape index (κ1) is 12.6. The molecule has 0 saturated carbocycles. The van der Waals surface area contributed by atoms with E-state index < -0.39 is 0 Å². The van der Waals surface area contributed by atoms with Gasteiger partial charge in [0, 0.05) is 0 Å². The number of hydrogen-bond acceptors (Lipinski definition) is 2. The van der Waals surface area contributed by atoms with Crippen molar-refractivity contribution >= 4 is 0 Å². The Morgan fingerprint density at radius 2 is 1.88 bits per heavy atom. The molecule has 2 nitrogen and oxygen atoms in total. The van der Waals surface area contributed by atoms with Crippen molar-refractivity contribution in [1.82, 2.24) is 0 Å². The Labute approximate surface area is 97.9 Å². The molecule has 0 radical (unpaired) electrons. The lowest BCUT2D eigenvalue weighted by atomic mass is 10.0. The fourth-order valence-electron chi connectivity index (χ4n) is 1.45. The van der Waals surface area contributed by atoms with Crippen LogP contribution in [-0.4, -0.2) is 13.2 Å². The fraction of sp³-hybridized carbons (Fsp3) is 0.429. The van der Waals surface area contributed by atoms with Gasteiger partial charge in [-0.3, -0.25) is 0 Å². The van der Waals surface area contributed by atoms with E-state index >= 15 is 0 Å². The van der Waals surface area contributed by atoms with Gasteiger partial charge in [0.15, 0.2) is 11.5 Å². The average molecular weight is 220 g/mol. The zero-order valence-corrected chi connectivity index (χ0v) is 10.5. The van der Waals surface area contributed by atoms with E-state index in [2.05, 4.69) is 13.5 Å². The predicted molar refractivity (Wildman–Crippen MR) is 67.4 cm³/mol. The Bertz CT molecular complexity index is 356. The number of rotatable bonds is 5. The second-order valence-electron chi connectivity index (χ2n) is 4.10. The fourth-order valence-corrected chi connectivity index (χ4v) is 1.45. The molecule has 0 N–H and O–H groups in total. The number of allylic oxidation sites excluding steroid dienone is 1. The summed E-state index contributed by atoms with van der Waals surface area (Å²) in [6.45, 7) is 9.89. The van der Waals surface area contributed by atoms with Gasteiger partial charge in [0.25, 0.3) is 0 Å². The van der Waals surface area contributed by atoms with Crippen LogP contribution in [0.4, 0.5) is 0 Å². The van der Waals surface area contributed by atoms with Gasteiger partial charge >= 0.3 is 0 Å². The van der Waals surface area contributed by atoms with E-state index in [1.54, 1.807) is 7.11 Å². The summed E-state index contributed by atoms with van der Waals surface area (Å²) in [6, 6.07) is 6.00. The van der Waals surface area contributed by atoms with Gasteiger partial charge < -0.3 is 9.47 Å². The standard InChI is InChI=1S/C14H20O2/c1-6-11(4)12-7-8-13(16-10(2)3)14(9-12)15-5/h6-11H,1H2,2-5H3. The van der Waals surface area contributed by atoms with Crippen LogP contribution in [0.15, 0.2) is 30.9 Å². The summed E-state index contributed by atoms with van der Waals surface area (Å²) in [5, 5.41) is 0. The summed E-state index contributed by atoms with van der Waals surface area (Å²) in [4.78, 5) is 0. The van der Waals surface area contributed by atoms with Crippen molar-refractivity contribution in [1.29, 1.82) is 0 Å². The van der Waals surface area contributed by atoms with Crippen LogP contribution in [0.3, 0.4) is 0 Å². The molecule has 0 aliphatic heterocycles. The lowest BCUT2D eigenvalue weighted by Gasteiger charge is -2.15. The van der Waals surface area contributed by atoms with Crippen molar-refractivity contribution in [3.8, 4) is 11.5 Å². The first-order valence-corrected chi connectivity index (χ1v) is 5.55. The number of benzene rings is 1. The highest BCUT2D eigenvalue weighted by Crippen LogP contribution is 2.31. The van der Waals surface area contributed by atoms with Crippen LogP contribution in [0.5, 0.6) is 11.5 Å². The van der Waals surface area contributed by atoms with Gasteiger partial charge in [-0.25, -0.2) is 0 Å². The highest BCUT2D eigenvalue weighted by atomic mass is 16.5. The van der Waals surface area contributed by atoms with E-state index in [1.165, 1.54) is 5.56 Å². The lowest BCUT2D eigenvalue weighted by molar-refractivity contribution is 0.230. The molecular formula is C14H20O2. The maximum atomic E-state index is 5.65. The van der Waals surface area contributed by atoms with E-state index in [0.717, 1.165) is 11.5 Å². The first-order valence-electron chi connectivity index (χ1n) is 5.55. The van der Waals surface area contributed by atoms with E-state index in [-0.39, 0.29) is 6.10 Å². The molecule has 0 saturated heterocycles. The zero-order valence-electron chi connectivity index (χ0n) is 10.5. The summed E-state index contributed by atoms with van der Waals surface area (Å²) in [7, 11) is 1.66. The van der Waals surface area contributed by atoms with E-state index in [0.29, 0.717) is 5.92 Å². The molecule has 0 amide bonds. The van der Waals surface area contributed by atoms with Gasteiger partial charge in [-0.2, -0.15) is 0 Å². The smallest absolute Gasteiger partial charge is 0.161 e. The minimum atomic E-state index is 0.150. The molecule has 1 aromatic carbocycles. The van der Waals surface area contributed by atoms with Gasteiger partial charge in [-0.05, 0) is 37.5 Å². The van der Waals surface area contributed by atoms with Crippen LogP contribution >= 0.6 is 0 Å². The van der Waals surface area contributed by atoms with Crippen LogP contribution < -0.4 is 9.47 Å². The molecule has 0 spiro atoms. The van der Waals surface area contributed by atoms with E-state index in [9.17, 15) is 0 Å². The molecule has 1 aromatic rings. The molecule has 1 unspecified atom stereocenters. The van der Waals surface area contributed by atoms with Crippen molar-refractivity contribution in [3.63, 3.8) is 0 Å². The molecule has 0 heterocycles. The first-order chi connectivity index (χ1) is 7.58. The third-order valence-corrected chi connectivity index (χ3v) is 2.43. The molecule has 0 aromatic heterocycles. The maximum Gasteiger partial charge on any atom is 0.161 e. The molecule has 1 rings (SSSR count). The van der Waals surface area contributed by atoms with Crippen molar-refractivity contribution in [2.24, 2.45) is 0 Å². The minimum Gasteiger partial charge on any atom is -0.493 e. The minimum absolute atomic E-state index is 0.150. The highest BCUT2D eigenvalue weighted by Gasteiger charge is 2.09. The second-order valence-corrected chi connectivity index (χ2v) is 4.10. The molecule has 1 atom stereocenters. The van der Waals surface area contributed by atoms with Crippen molar-refractivity contribution in [3.05, 3.63) is 36.4 Å². The van der Waals surface area contributed by atoms with Gasteiger partial charge in [0.2, 0.25) is 0 Å². The summed E-state index contributed by atoms with van der Waals surface area (Å²) < 4.78 is 11.0. The van der Waals surface area contributed by atoms with Crippen molar-refractivity contribution < 1.29 is 9.47 Å². The molecule has 88 valence electrons. The summed E-state index contributed by atoms with van der Waals surface area (Å²) in [5.74, 6) is 1.89. The van der Waals surface area contributed by atoms with Crippen LogP contribution in [0.2, 0.25) is 0 Å². The number of methoxy groups -OCH3 is 1. The Morgan fingerprint density at radius 3 is 2.38 bits per heavy atom. The summed E-state index contributed by atoms with van der Waals surface area (Å²) in [6.07, 6.45) is 2.06. The molecule has 0 aliphatic rings. The third-order valence-electron chi connectivity index (χ3n) is 2.43. The summed E-state index contributed by atoms with van der Waals surface area (Å²) in [5.41, 5.74) is 1.18. The topological polar surface area (TPSA) is 18.5 Å². The molecular weight excluding hydrogens is 200 g/mol. The lowest BCUT2D eigenvalue weighted by Crippen LogP contribution is -2.07. The van der Waals surface area contributed by atoms with Gasteiger partial charge in [0.05, 0.1) is 13.2 Å². The zero-order chi connectivity index (χ0) is 12.1. The van der Waals surface area contributed by atoms with Crippen molar-refractivity contribution in [2.45, 2.75) is 32.8 Å². The summed E-state index contributed by atoms with van der Waals surface area (Å²) >= 11 is 0. The average Bonchev–Trinajstić information content (AvgIpc) is 2.27. The van der Waals surface area contributed by atoms with Gasteiger partial charge in [-0.1, -0.05) is 19.1 Å². The molecule has 0 bridgehead atoms. The van der Waals surface area contributed by atoms with Crippen LogP contribution in [0.1, 0.15) is 32.3 Å². The van der Waals surface area contributed by atoms with Gasteiger partial charge in [0.1, 0.15) is 0 Å². The second kappa shape index (κ2) is 5.59. The van der Waals surface area contributed by atoms with Crippen LogP contribution in [-0.2, 0) is 0 Å². The van der Waals surface area contributed by atoms with E-state index in [4.69, 9.17) is 9.47 Å². The number of ether oxygens (including phenoxy) is 2. The Kier molecular flexibility index (Phi) is 4.41. The largest absolute Gasteiger partial charge is 0.493 e.